The van der Waals surface area contributed by atoms with Crippen molar-refractivity contribution < 1.29 is 4.74 Å². The number of hydrogen-bond donors (Lipinski definition) is 0. The molecule has 0 spiro atoms. The minimum atomic E-state index is 0.734. The zero-order valence-corrected chi connectivity index (χ0v) is 15.5. The number of fused-ring (bicyclic) bond motifs is 2. The van der Waals surface area contributed by atoms with Gasteiger partial charge in [-0.15, -0.1) is 10.2 Å². The summed E-state index contributed by atoms with van der Waals surface area (Å²) in [5.74, 6) is 2.32. The molecule has 1 aliphatic rings. The summed E-state index contributed by atoms with van der Waals surface area (Å²) in [6, 6.07) is 22.6. The molecule has 0 saturated heterocycles. The van der Waals surface area contributed by atoms with Gasteiger partial charge in [-0.2, -0.15) is 9.78 Å². The SMILES string of the molecule is COc1ccc(-c2nnc3n2N=C(c2ccc4ccccc4c2)CS3)cc1. The highest BCUT2D eigenvalue weighted by Crippen LogP contribution is 2.29. The van der Waals surface area contributed by atoms with E-state index in [1.165, 1.54) is 10.8 Å². The molecule has 0 aliphatic carbocycles. The van der Waals surface area contributed by atoms with Crippen LogP contribution in [0.5, 0.6) is 5.75 Å². The zero-order valence-electron chi connectivity index (χ0n) is 14.7. The average molecular weight is 372 g/mol. The van der Waals surface area contributed by atoms with Crippen molar-refractivity contribution >= 4 is 28.2 Å². The van der Waals surface area contributed by atoms with Gasteiger partial charge in [-0.3, -0.25) is 0 Å². The monoisotopic (exact) mass is 372 g/mol. The number of thioether (sulfide) groups is 1. The molecule has 0 saturated carbocycles. The number of aromatic nitrogens is 3. The maximum atomic E-state index is 5.23. The van der Waals surface area contributed by atoms with E-state index < -0.39 is 0 Å². The third-order valence-corrected chi connectivity index (χ3v) is 5.53. The number of rotatable bonds is 3. The fourth-order valence-corrected chi connectivity index (χ4v) is 4.00. The lowest BCUT2D eigenvalue weighted by molar-refractivity contribution is 0.415. The molecule has 0 bridgehead atoms. The van der Waals surface area contributed by atoms with Gasteiger partial charge in [0.25, 0.3) is 0 Å². The molecule has 0 N–H and O–H groups in total. The third kappa shape index (κ3) is 2.88. The van der Waals surface area contributed by atoms with Crippen LogP contribution in [0, 0.1) is 0 Å². The first-order valence-corrected chi connectivity index (χ1v) is 9.60. The standard InChI is InChI=1S/C21H16N4OS/c1-26-18-10-8-15(9-11-18)20-22-23-21-25(20)24-19(13-27-21)17-7-6-14-4-2-3-5-16(14)12-17/h2-12H,13H2,1H3. The molecule has 0 unspecified atom stereocenters. The van der Waals surface area contributed by atoms with E-state index in [4.69, 9.17) is 9.84 Å². The van der Waals surface area contributed by atoms with Crippen LogP contribution in [0.3, 0.4) is 0 Å². The second-order valence-electron chi connectivity index (χ2n) is 6.24. The largest absolute Gasteiger partial charge is 0.497 e. The van der Waals surface area contributed by atoms with E-state index in [1.807, 2.05) is 28.9 Å². The zero-order chi connectivity index (χ0) is 18.2. The molecular formula is C21H16N4OS. The molecule has 0 amide bonds. The molecule has 2 heterocycles. The van der Waals surface area contributed by atoms with Crippen molar-refractivity contribution in [2.75, 3.05) is 12.9 Å². The van der Waals surface area contributed by atoms with E-state index in [1.54, 1.807) is 18.9 Å². The molecule has 0 atom stereocenters. The van der Waals surface area contributed by atoms with E-state index in [2.05, 4.69) is 52.7 Å². The van der Waals surface area contributed by atoms with Gasteiger partial charge in [0.1, 0.15) is 5.75 Å². The van der Waals surface area contributed by atoms with Crippen molar-refractivity contribution in [2.24, 2.45) is 5.10 Å². The highest BCUT2D eigenvalue weighted by atomic mass is 32.2. The van der Waals surface area contributed by atoms with Gasteiger partial charge in [0.05, 0.1) is 12.8 Å². The maximum absolute atomic E-state index is 5.23. The van der Waals surface area contributed by atoms with E-state index in [-0.39, 0.29) is 0 Å². The van der Waals surface area contributed by atoms with Crippen molar-refractivity contribution in [3.63, 3.8) is 0 Å². The highest BCUT2D eigenvalue weighted by Gasteiger charge is 2.20. The van der Waals surface area contributed by atoms with Gasteiger partial charge in [0.15, 0.2) is 5.82 Å². The highest BCUT2D eigenvalue weighted by molar-refractivity contribution is 7.99. The lowest BCUT2D eigenvalue weighted by Crippen LogP contribution is -2.13. The Morgan fingerprint density at radius 1 is 0.889 bits per heavy atom. The lowest BCUT2D eigenvalue weighted by atomic mass is 10.0. The van der Waals surface area contributed by atoms with E-state index in [0.717, 1.165) is 39.3 Å². The van der Waals surface area contributed by atoms with Crippen LogP contribution in [0.4, 0.5) is 0 Å². The summed E-state index contributed by atoms with van der Waals surface area (Å²) in [6.45, 7) is 0. The molecule has 3 aromatic carbocycles. The van der Waals surface area contributed by atoms with Crippen molar-refractivity contribution in [2.45, 2.75) is 5.16 Å². The molecular weight excluding hydrogens is 356 g/mol. The van der Waals surface area contributed by atoms with Gasteiger partial charge >= 0.3 is 0 Å². The molecule has 27 heavy (non-hydrogen) atoms. The number of nitrogens with zero attached hydrogens (tertiary/aromatic N) is 4. The quantitative estimate of drug-likeness (QED) is 0.533. The predicted octanol–water partition coefficient (Wildman–Crippen LogP) is 4.47. The van der Waals surface area contributed by atoms with Gasteiger partial charge in [0, 0.05) is 11.3 Å². The molecule has 1 aliphatic heterocycles. The van der Waals surface area contributed by atoms with Gasteiger partial charge < -0.3 is 4.74 Å². The number of ether oxygens (including phenoxy) is 1. The Morgan fingerprint density at radius 3 is 2.48 bits per heavy atom. The minimum Gasteiger partial charge on any atom is -0.497 e. The summed E-state index contributed by atoms with van der Waals surface area (Å²) in [4.78, 5) is 0. The van der Waals surface area contributed by atoms with Crippen molar-refractivity contribution in [3.05, 3.63) is 72.3 Å². The Balaban J connectivity index is 1.57. The van der Waals surface area contributed by atoms with Gasteiger partial charge in [-0.25, -0.2) is 0 Å². The number of benzene rings is 3. The Kier molecular flexibility index (Phi) is 3.90. The van der Waals surface area contributed by atoms with Crippen LogP contribution in [0.2, 0.25) is 0 Å². The van der Waals surface area contributed by atoms with Crippen molar-refractivity contribution in [3.8, 4) is 17.1 Å². The van der Waals surface area contributed by atoms with Crippen LogP contribution in [-0.4, -0.2) is 33.4 Å². The van der Waals surface area contributed by atoms with Crippen LogP contribution < -0.4 is 4.74 Å². The smallest absolute Gasteiger partial charge is 0.212 e. The summed E-state index contributed by atoms with van der Waals surface area (Å²) in [5, 5.41) is 16.8. The van der Waals surface area contributed by atoms with Crippen LogP contribution in [0.25, 0.3) is 22.2 Å². The number of methoxy groups -OCH3 is 1. The molecule has 6 heteroatoms. The van der Waals surface area contributed by atoms with Crippen LogP contribution in [-0.2, 0) is 0 Å². The topological polar surface area (TPSA) is 52.3 Å². The summed E-state index contributed by atoms with van der Waals surface area (Å²) < 4.78 is 7.07. The van der Waals surface area contributed by atoms with Gasteiger partial charge in [-0.1, -0.05) is 48.2 Å². The third-order valence-electron chi connectivity index (χ3n) is 4.60. The van der Waals surface area contributed by atoms with Crippen LogP contribution >= 0.6 is 11.8 Å². The Hall–Kier alpha value is -3.12. The summed E-state index contributed by atoms with van der Waals surface area (Å²) in [6.07, 6.45) is 0. The Labute approximate surface area is 160 Å². The van der Waals surface area contributed by atoms with Crippen LogP contribution in [0.1, 0.15) is 5.56 Å². The summed E-state index contributed by atoms with van der Waals surface area (Å²) in [5.41, 5.74) is 3.10. The lowest BCUT2D eigenvalue weighted by Gasteiger charge is -2.14. The minimum absolute atomic E-state index is 0.734. The maximum Gasteiger partial charge on any atom is 0.212 e. The normalized spacial score (nSPS) is 13.3. The molecule has 5 rings (SSSR count). The second-order valence-corrected chi connectivity index (χ2v) is 7.19. The van der Waals surface area contributed by atoms with Gasteiger partial charge in [-0.05, 0) is 46.7 Å². The molecule has 0 fully saturated rings. The molecule has 1 aromatic heterocycles. The Bertz CT molecular complexity index is 1160. The first kappa shape index (κ1) is 16.1. The fraction of sp³-hybridized carbons (Fsp3) is 0.0952. The van der Waals surface area contributed by atoms with E-state index >= 15 is 0 Å². The van der Waals surface area contributed by atoms with E-state index in [9.17, 15) is 0 Å². The second kappa shape index (κ2) is 6.55. The van der Waals surface area contributed by atoms with E-state index in [0.29, 0.717) is 0 Å². The molecule has 132 valence electrons. The molecule has 5 nitrogen and oxygen atoms in total. The van der Waals surface area contributed by atoms with Crippen molar-refractivity contribution in [1.29, 1.82) is 0 Å². The Morgan fingerprint density at radius 2 is 1.67 bits per heavy atom. The van der Waals surface area contributed by atoms with Crippen LogP contribution in [0.15, 0.2) is 77.0 Å². The first-order chi connectivity index (χ1) is 13.3. The molecule has 4 aromatic rings. The first-order valence-electron chi connectivity index (χ1n) is 8.61. The predicted molar refractivity (Wildman–Crippen MR) is 109 cm³/mol. The summed E-state index contributed by atoms with van der Waals surface area (Å²) >= 11 is 1.65. The van der Waals surface area contributed by atoms with Gasteiger partial charge in [0.2, 0.25) is 5.16 Å². The summed E-state index contributed by atoms with van der Waals surface area (Å²) in [7, 11) is 1.66. The average Bonchev–Trinajstić information content (AvgIpc) is 3.16. The number of hydrogen-bond acceptors (Lipinski definition) is 5. The fourth-order valence-electron chi connectivity index (χ4n) is 3.16. The molecule has 0 radical (unpaired) electrons. The van der Waals surface area contributed by atoms with Crippen molar-refractivity contribution in [1.82, 2.24) is 14.9 Å².